The molecule has 1 aromatic carbocycles. The van der Waals surface area contributed by atoms with E-state index >= 15 is 0 Å². The van der Waals surface area contributed by atoms with Gasteiger partial charge in [0, 0.05) is 11.9 Å². The summed E-state index contributed by atoms with van der Waals surface area (Å²) in [5.41, 5.74) is 7.85. The van der Waals surface area contributed by atoms with Crippen molar-refractivity contribution in [1.82, 2.24) is 9.78 Å². The molecule has 0 saturated heterocycles. The summed E-state index contributed by atoms with van der Waals surface area (Å²) < 4.78 is 7.65. The zero-order valence-corrected chi connectivity index (χ0v) is 8.39. The first-order chi connectivity index (χ1) is 7.40. The predicted molar refractivity (Wildman–Crippen MR) is 57.5 cm³/mol. The van der Waals surface area contributed by atoms with E-state index in [9.17, 15) is 0 Å². The number of fused-ring (bicyclic) bond motifs is 3. The van der Waals surface area contributed by atoms with Crippen LogP contribution in [0.5, 0.6) is 0 Å². The Balaban J connectivity index is 2.27. The van der Waals surface area contributed by atoms with Crippen LogP contribution in [0.2, 0.25) is 0 Å². The summed E-state index contributed by atoms with van der Waals surface area (Å²) in [7, 11) is 0. The van der Waals surface area contributed by atoms with Crippen LogP contribution in [0.3, 0.4) is 0 Å². The van der Waals surface area contributed by atoms with Crippen molar-refractivity contribution >= 4 is 10.9 Å². The minimum Gasteiger partial charge on any atom is -0.369 e. The van der Waals surface area contributed by atoms with Crippen LogP contribution in [-0.2, 0) is 11.3 Å². The summed E-state index contributed by atoms with van der Waals surface area (Å²) >= 11 is 0. The van der Waals surface area contributed by atoms with Gasteiger partial charge in [0.1, 0.15) is 6.10 Å². The fourth-order valence-electron chi connectivity index (χ4n) is 2.15. The minimum atomic E-state index is -0.00819. The van der Waals surface area contributed by atoms with E-state index in [0.29, 0.717) is 13.2 Å². The molecule has 78 valence electrons. The highest BCUT2D eigenvalue weighted by Crippen LogP contribution is 2.28. The molecule has 0 aliphatic carbocycles. The molecule has 1 aromatic heterocycles. The van der Waals surface area contributed by atoms with Crippen molar-refractivity contribution in [3.05, 3.63) is 30.0 Å². The molecule has 2 N–H and O–H groups in total. The number of nitrogens with zero attached hydrogens (tertiary/aromatic N) is 2. The number of benzene rings is 1. The number of aromatic nitrogens is 2. The smallest absolute Gasteiger partial charge is 0.112 e. The normalized spacial score (nSPS) is 20.5. The lowest BCUT2D eigenvalue weighted by Crippen LogP contribution is -2.27. The number of rotatable bonds is 1. The summed E-state index contributed by atoms with van der Waals surface area (Å²) in [6.45, 7) is 2.03. The van der Waals surface area contributed by atoms with E-state index in [0.717, 1.165) is 23.1 Å². The molecule has 0 fully saturated rings. The first-order valence-corrected chi connectivity index (χ1v) is 5.17. The highest BCUT2D eigenvalue weighted by Gasteiger charge is 2.23. The Morgan fingerprint density at radius 1 is 1.47 bits per heavy atom. The second kappa shape index (κ2) is 3.32. The Morgan fingerprint density at radius 2 is 2.33 bits per heavy atom. The van der Waals surface area contributed by atoms with Crippen molar-refractivity contribution in [2.75, 3.05) is 13.2 Å². The Morgan fingerprint density at radius 3 is 3.20 bits per heavy atom. The Labute approximate surface area is 87.6 Å². The van der Waals surface area contributed by atoms with Gasteiger partial charge in [-0.2, -0.15) is 5.10 Å². The van der Waals surface area contributed by atoms with Crippen molar-refractivity contribution < 1.29 is 4.74 Å². The van der Waals surface area contributed by atoms with E-state index in [1.165, 1.54) is 0 Å². The molecule has 0 amide bonds. The molecule has 1 atom stereocenters. The van der Waals surface area contributed by atoms with Crippen molar-refractivity contribution in [2.24, 2.45) is 5.73 Å². The monoisotopic (exact) mass is 203 g/mol. The highest BCUT2D eigenvalue weighted by atomic mass is 16.5. The Hall–Kier alpha value is -1.39. The van der Waals surface area contributed by atoms with Crippen LogP contribution in [0.25, 0.3) is 10.9 Å². The maximum Gasteiger partial charge on any atom is 0.112 e. The Bertz CT molecular complexity index is 492. The van der Waals surface area contributed by atoms with Crippen LogP contribution >= 0.6 is 0 Å². The molecule has 4 nitrogen and oxygen atoms in total. The van der Waals surface area contributed by atoms with E-state index in [4.69, 9.17) is 10.5 Å². The topological polar surface area (TPSA) is 53.1 Å². The molecular weight excluding hydrogens is 190 g/mol. The maximum atomic E-state index is 5.70. The lowest BCUT2D eigenvalue weighted by Gasteiger charge is -2.23. The summed E-state index contributed by atoms with van der Waals surface area (Å²) in [5.74, 6) is 0. The van der Waals surface area contributed by atoms with E-state index < -0.39 is 0 Å². The number of hydrogen-bond acceptors (Lipinski definition) is 3. The number of ether oxygens (including phenoxy) is 1. The van der Waals surface area contributed by atoms with Crippen molar-refractivity contribution in [3.8, 4) is 0 Å². The molecule has 0 radical (unpaired) electrons. The van der Waals surface area contributed by atoms with Gasteiger partial charge in [0.25, 0.3) is 0 Å². The summed E-state index contributed by atoms with van der Waals surface area (Å²) in [4.78, 5) is 0. The van der Waals surface area contributed by atoms with E-state index in [1.807, 2.05) is 22.9 Å². The van der Waals surface area contributed by atoms with Gasteiger partial charge in [-0.3, -0.25) is 4.68 Å². The molecule has 1 aliphatic heterocycles. The van der Waals surface area contributed by atoms with Crippen molar-refractivity contribution in [3.63, 3.8) is 0 Å². The molecule has 1 aliphatic rings. The standard InChI is InChI=1S/C11H13N3O/c12-7-10-11-8-3-1-2-4-9(8)13-14(11)5-6-15-10/h1-4,10H,5-7,12H2. The van der Waals surface area contributed by atoms with Crippen LogP contribution in [0.1, 0.15) is 11.8 Å². The number of hydrogen-bond donors (Lipinski definition) is 1. The average molecular weight is 203 g/mol. The molecule has 1 unspecified atom stereocenters. The first kappa shape index (κ1) is 8.88. The molecule has 0 saturated carbocycles. The minimum absolute atomic E-state index is 0.00819. The fourth-order valence-corrected chi connectivity index (χ4v) is 2.15. The van der Waals surface area contributed by atoms with Gasteiger partial charge in [-0.15, -0.1) is 0 Å². The lowest BCUT2D eigenvalue weighted by molar-refractivity contribution is 0.0236. The van der Waals surface area contributed by atoms with Crippen molar-refractivity contribution in [2.45, 2.75) is 12.6 Å². The SMILES string of the molecule is NCC1OCCn2nc3ccccc3c21. The summed E-state index contributed by atoms with van der Waals surface area (Å²) in [6, 6.07) is 8.12. The van der Waals surface area contributed by atoms with E-state index in [2.05, 4.69) is 11.2 Å². The van der Waals surface area contributed by atoms with Crippen LogP contribution in [-0.4, -0.2) is 22.9 Å². The Kier molecular flexibility index (Phi) is 1.97. The molecule has 0 spiro atoms. The van der Waals surface area contributed by atoms with Gasteiger partial charge in [-0.1, -0.05) is 18.2 Å². The van der Waals surface area contributed by atoms with Crippen LogP contribution in [0, 0.1) is 0 Å². The molecule has 3 rings (SSSR count). The zero-order valence-electron chi connectivity index (χ0n) is 8.39. The van der Waals surface area contributed by atoms with Gasteiger partial charge in [0.2, 0.25) is 0 Å². The molecule has 4 heteroatoms. The van der Waals surface area contributed by atoms with Crippen LogP contribution in [0.4, 0.5) is 0 Å². The van der Waals surface area contributed by atoms with E-state index in [1.54, 1.807) is 0 Å². The predicted octanol–water partition coefficient (Wildman–Crippen LogP) is 1.07. The molecule has 2 aromatic rings. The number of nitrogens with two attached hydrogens (primary N) is 1. The zero-order chi connectivity index (χ0) is 10.3. The second-order valence-corrected chi connectivity index (χ2v) is 3.72. The third-order valence-electron chi connectivity index (χ3n) is 2.83. The largest absolute Gasteiger partial charge is 0.369 e. The van der Waals surface area contributed by atoms with Crippen LogP contribution < -0.4 is 5.73 Å². The maximum absolute atomic E-state index is 5.70. The van der Waals surface area contributed by atoms with Gasteiger partial charge in [0.05, 0.1) is 24.4 Å². The summed E-state index contributed by atoms with van der Waals surface area (Å²) in [5, 5.41) is 5.69. The lowest BCUT2D eigenvalue weighted by atomic mass is 10.1. The third kappa shape index (κ3) is 1.26. The van der Waals surface area contributed by atoms with E-state index in [-0.39, 0.29) is 6.10 Å². The van der Waals surface area contributed by atoms with Gasteiger partial charge in [-0.25, -0.2) is 0 Å². The van der Waals surface area contributed by atoms with Crippen molar-refractivity contribution in [1.29, 1.82) is 0 Å². The molecule has 2 heterocycles. The van der Waals surface area contributed by atoms with Gasteiger partial charge in [-0.05, 0) is 6.07 Å². The fraction of sp³-hybridized carbons (Fsp3) is 0.364. The quantitative estimate of drug-likeness (QED) is 0.754. The van der Waals surface area contributed by atoms with Gasteiger partial charge in [0.15, 0.2) is 0 Å². The van der Waals surface area contributed by atoms with Gasteiger partial charge >= 0.3 is 0 Å². The second-order valence-electron chi connectivity index (χ2n) is 3.72. The highest BCUT2D eigenvalue weighted by molar-refractivity contribution is 5.82. The van der Waals surface area contributed by atoms with Crippen LogP contribution in [0.15, 0.2) is 24.3 Å². The molecule has 0 bridgehead atoms. The molecular formula is C11H13N3O. The first-order valence-electron chi connectivity index (χ1n) is 5.17. The summed E-state index contributed by atoms with van der Waals surface area (Å²) in [6.07, 6.45) is -0.00819. The third-order valence-corrected chi connectivity index (χ3v) is 2.83. The van der Waals surface area contributed by atoms with Gasteiger partial charge < -0.3 is 10.5 Å². The molecule has 15 heavy (non-hydrogen) atoms. The average Bonchev–Trinajstić information content (AvgIpc) is 2.67.